The first-order chi connectivity index (χ1) is 9.65. The van der Waals surface area contributed by atoms with Gasteiger partial charge < -0.3 is 10.1 Å². The number of nitrogens with zero attached hydrogens (tertiary/aromatic N) is 2. The molecule has 20 heavy (non-hydrogen) atoms. The average Bonchev–Trinajstić information content (AvgIpc) is 2.45. The lowest BCUT2D eigenvalue weighted by Gasteiger charge is -2.13. The quantitative estimate of drug-likeness (QED) is 0.924. The highest BCUT2D eigenvalue weighted by molar-refractivity contribution is 5.60. The zero-order valence-electron chi connectivity index (χ0n) is 11.9. The Balaban J connectivity index is 2.25. The van der Waals surface area contributed by atoms with Crippen LogP contribution in [-0.2, 0) is 6.54 Å². The molecule has 2 rings (SSSR count). The highest BCUT2D eigenvalue weighted by Crippen LogP contribution is 2.22. The highest BCUT2D eigenvalue weighted by Gasteiger charge is 2.09. The van der Waals surface area contributed by atoms with Gasteiger partial charge in [0.2, 0.25) is 0 Å². The minimum absolute atomic E-state index is 0.588. The van der Waals surface area contributed by atoms with Gasteiger partial charge >= 0.3 is 0 Å². The van der Waals surface area contributed by atoms with Gasteiger partial charge in [-0.25, -0.2) is 0 Å². The van der Waals surface area contributed by atoms with E-state index in [9.17, 15) is 5.26 Å². The molecule has 1 N–H and O–H groups in total. The Bertz CT molecular complexity index is 659. The Kier molecular flexibility index (Phi) is 4.21. The van der Waals surface area contributed by atoms with Crippen LogP contribution in [0.15, 0.2) is 30.3 Å². The van der Waals surface area contributed by atoms with Crippen molar-refractivity contribution in [2.75, 3.05) is 12.4 Å². The molecule has 0 amide bonds. The molecule has 0 saturated carbocycles. The van der Waals surface area contributed by atoms with Crippen LogP contribution in [0.3, 0.4) is 0 Å². The van der Waals surface area contributed by atoms with Gasteiger partial charge in [-0.05, 0) is 26.0 Å². The maximum Gasteiger partial charge on any atom is 0.123 e. The zero-order valence-corrected chi connectivity index (χ0v) is 11.9. The van der Waals surface area contributed by atoms with Crippen molar-refractivity contribution < 1.29 is 4.74 Å². The number of ether oxygens (including phenoxy) is 1. The lowest BCUT2D eigenvalue weighted by Crippen LogP contribution is -2.05. The van der Waals surface area contributed by atoms with E-state index in [1.165, 1.54) is 0 Å². The van der Waals surface area contributed by atoms with Crippen molar-refractivity contribution in [2.45, 2.75) is 20.4 Å². The van der Waals surface area contributed by atoms with Crippen LogP contribution in [0.2, 0.25) is 0 Å². The number of methoxy groups -OCH3 is 1. The molecule has 4 heteroatoms. The summed E-state index contributed by atoms with van der Waals surface area (Å²) < 4.78 is 5.32. The monoisotopic (exact) mass is 267 g/mol. The fourth-order valence-electron chi connectivity index (χ4n) is 2.15. The number of para-hydroxylation sites is 1. The van der Waals surface area contributed by atoms with E-state index in [2.05, 4.69) is 16.4 Å². The molecule has 1 aromatic heterocycles. The van der Waals surface area contributed by atoms with Crippen molar-refractivity contribution in [3.63, 3.8) is 0 Å². The summed E-state index contributed by atoms with van der Waals surface area (Å²) >= 11 is 0. The van der Waals surface area contributed by atoms with Crippen LogP contribution in [0, 0.1) is 25.2 Å². The third-order valence-corrected chi connectivity index (χ3v) is 3.10. The average molecular weight is 267 g/mol. The second-order valence-corrected chi connectivity index (χ2v) is 4.55. The number of nitrogens with one attached hydrogen (secondary N) is 1. The Labute approximate surface area is 119 Å². The van der Waals surface area contributed by atoms with Gasteiger partial charge in [0.15, 0.2) is 0 Å². The van der Waals surface area contributed by atoms with E-state index in [0.717, 1.165) is 28.4 Å². The Morgan fingerprint density at radius 1 is 1.30 bits per heavy atom. The maximum absolute atomic E-state index is 9.23. The van der Waals surface area contributed by atoms with E-state index in [4.69, 9.17) is 4.74 Å². The summed E-state index contributed by atoms with van der Waals surface area (Å²) in [7, 11) is 1.65. The molecular formula is C16H17N3O. The van der Waals surface area contributed by atoms with E-state index < -0.39 is 0 Å². The third-order valence-electron chi connectivity index (χ3n) is 3.10. The van der Waals surface area contributed by atoms with Crippen LogP contribution in [0.25, 0.3) is 0 Å². The van der Waals surface area contributed by atoms with Crippen LogP contribution in [0.5, 0.6) is 5.75 Å². The summed E-state index contributed by atoms with van der Waals surface area (Å²) in [5.74, 6) is 0.834. The van der Waals surface area contributed by atoms with E-state index >= 15 is 0 Å². The Morgan fingerprint density at radius 2 is 2.05 bits per heavy atom. The van der Waals surface area contributed by atoms with E-state index in [-0.39, 0.29) is 0 Å². The Morgan fingerprint density at radius 3 is 2.75 bits per heavy atom. The minimum Gasteiger partial charge on any atom is -0.496 e. The number of hydrogen-bond donors (Lipinski definition) is 1. The van der Waals surface area contributed by atoms with Gasteiger partial charge in [0.1, 0.15) is 11.8 Å². The van der Waals surface area contributed by atoms with Gasteiger partial charge in [-0.2, -0.15) is 5.26 Å². The summed E-state index contributed by atoms with van der Waals surface area (Å²) in [5.41, 5.74) is 4.08. The predicted octanol–water partition coefficient (Wildman–Crippen LogP) is 3.19. The number of nitriles is 1. The van der Waals surface area contributed by atoms with Crippen molar-refractivity contribution >= 4 is 5.69 Å². The zero-order chi connectivity index (χ0) is 14.5. The van der Waals surface area contributed by atoms with Gasteiger partial charge in [-0.3, -0.25) is 4.98 Å². The highest BCUT2D eigenvalue weighted by atomic mass is 16.5. The van der Waals surface area contributed by atoms with E-state index in [1.54, 1.807) is 7.11 Å². The molecule has 0 aliphatic rings. The molecule has 0 aliphatic heterocycles. The molecule has 0 radical (unpaired) electrons. The van der Waals surface area contributed by atoms with Gasteiger partial charge in [0.05, 0.1) is 24.1 Å². The van der Waals surface area contributed by atoms with Crippen molar-refractivity contribution in [3.05, 3.63) is 52.8 Å². The molecular weight excluding hydrogens is 250 g/mol. The summed E-state index contributed by atoms with van der Waals surface area (Å²) in [6.07, 6.45) is 0. The molecule has 0 fully saturated rings. The van der Waals surface area contributed by atoms with Crippen LogP contribution in [-0.4, -0.2) is 12.1 Å². The topological polar surface area (TPSA) is 57.9 Å². The normalized spacial score (nSPS) is 9.90. The van der Waals surface area contributed by atoms with Gasteiger partial charge in [-0.15, -0.1) is 0 Å². The van der Waals surface area contributed by atoms with Crippen molar-refractivity contribution in [2.24, 2.45) is 0 Å². The molecule has 0 bridgehead atoms. The van der Waals surface area contributed by atoms with Crippen LogP contribution < -0.4 is 10.1 Å². The smallest absolute Gasteiger partial charge is 0.123 e. The van der Waals surface area contributed by atoms with Crippen LogP contribution in [0.4, 0.5) is 5.69 Å². The molecule has 4 nitrogen and oxygen atoms in total. The largest absolute Gasteiger partial charge is 0.496 e. The molecule has 1 heterocycles. The second-order valence-electron chi connectivity index (χ2n) is 4.55. The molecule has 2 aromatic rings. The maximum atomic E-state index is 9.23. The summed E-state index contributed by atoms with van der Waals surface area (Å²) in [6.45, 7) is 4.36. The number of anilines is 1. The number of pyridine rings is 1. The number of hydrogen-bond acceptors (Lipinski definition) is 4. The van der Waals surface area contributed by atoms with Crippen molar-refractivity contribution in [1.82, 2.24) is 4.98 Å². The van der Waals surface area contributed by atoms with Gasteiger partial charge in [-0.1, -0.05) is 18.2 Å². The SMILES string of the molecule is COc1ccccc1CNc1cc(C)nc(C)c1C#N. The molecule has 0 aliphatic carbocycles. The summed E-state index contributed by atoms with van der Waals surface area (Å²) in [5, 5.41) is 12.5. The lowest BCUT2D eigenvalue weighted by molar-refractivity contribution is 0.410. The number of aryl methyl sites for hydroxylation is 2. The molecule has 102 valence electrons. The minimum atomic E-state index is 0.588. The second kappa shape index (κ2) is 6.07. The molecule has 1 aromatic carbocycles. The Hall–Kier alpha value is -2.54. The van der Waals surface area contributed by atoms with Crippen molar-refractivity contribution in [1.29, 1.82) is 5.26 Å². The fourth-order valence-corrected chi connectivity index (χ4v) is 2.15. The fraction of sp³-hybridized carbons (Fsp3) is 0.250. The summed E-state index contributed by atoms with van der Waals surface area (Å²) in [6, 6.07) is 11.9. The number of benzene rings is 1. The lowest BCUT2D eigenvalue weighted by atomic mass is 10.1. The van der Waals surface area contributed by atoms with Crippen LogP contribution in [0.1, 0.15) is 22.5 Å². The first-order valence-corrected chi connectivity index (χ1v) is 6.40. The molecule has 0 saturated heterocycles. The summed E-state index contributed by atoms with van der Waals surface area (Å²) in [4.78, 5) is 4.31. The molecule has 0 spiro atoms. The predicted molar refractivity (Wildman–Crippen MR) is 78.7 cm³/mol. The first-order valence-electron chi connectivity index (χ1n) is 6.40. The number of aromatic nitrogens is 1. The van der Waals surface area contributed by atoms with Gasteiger partial charge in [0, 0.05) is 17.8 Å². The van der Waals surface area contributed by atoms with Crippen LogP contribution >= 0.6 is 0 Å². The molecule has 0 unspecified atom stereocenters. The van der Waals surface area contributed by atoms with Gasteiger partial charge in [0.25, 0.3) is 0 Å². The number of rotatable bonds is 4. The van der Waals surface area contributed by atoms with E-state index in [0.29, 0.717) is 12.1 Å². The van der Waals surface area contributed by atoms with E-state index in [1.807, 2.05) is 44.2 Å². The first kappa shape index (κ1) is 13.9. The standard InChI is InChI=1S/C16H17N3O/c1-11-8-15(14(9-17)12(2)19-11)18-10-13-6-4-5-7-16(13)20-3/h4-8H,10H2,1-3H3,(H,18,19). The third kappa shape index (κ3) is 2.89. The molecule has 0 atom stereocenters. The van der Waals surface area contributed by atoms with Crippen molar-refractivity contribution in [3.8, 4) is 11.8 Å².